The Balaban J connectivity index is 1.38. The molecule has 0 aliphatic carbocycles. The van der Waals surface area contributed by atoms with E-state index in [2.05, 4.69) is 4.90 Å². The normalized spacial score (nSPS) is 18.2. The van der Waals surface area contributed by atoms with Crippen LogP contribution < -0.4 is 24.0 Å². The Kier molecular flexibility index (Phi) is 7.92. The number of methoxy groups -OCH3 is 3. The molecule has 2 aliphatic heterocycles. The van der Waals surface area contributed by atoms with Gasteiger partial charge in [-0.15, -0.1) is 0 Å². The molecule has 1 saturated heterocycles. The summed E-state index contributed by atoms with van der Waals surface area (Å²) in [5.74, 6) is 1.48. The Morgan fingerprint density at radius 1 is 0.651 bits per heavy atom. The number of nitrogens with zero attached hydrogens (tertiary/aromatic N) is 3. The van der Waals surface area contributed by atoms with Crippen molar-refractivity contribution >= 4 is 23.2 Å². The minimum absolute atomic E-state index is 0.00802. The first-order valence-corrected chi connectivity index (χ1v) is 14.4. The summed E-state index contributed by atoms with van der Waals surface area (Å²) in [7, 11) is 4.89. The van der Waals surface area contributed by atoms with Crippen LogP contribution in [0.15, 0.2) is 97.1 Å². The molecule has 220 valence electrons. The third-order valence-electron chi connectivity index (χ3n) is 8.44. The lowest BCUT2D eigenvalue weighted by molar-refractivity contribution is -0.133. The Morgan fingerprint density at radius 3 is 1.72 bits per heavy atom. The summed E-state index contributed by atoms with van der Waals surface area (Å²) in [6.45, 7) is 2.58. The third-order valence-corrected chi connectivity index (χ3v) is 8.44. The number of rotatable bonds is 7. The molecule has 6 rings (SSSR count). The summed E-state index contributed by atoms with van der Waals surface area (Å²) in [5.41, 5.74) is 3.94. The van der Waals surface area contributed by atoms with E-state index in [-0.39, 0.29) is 11.8 Å². The third kappa shape index (κ3) is 5.36. The zero-order valence-corrected chi connectivity index (χ0v) is 24.6. The molecule has 0 bridgehead atoms. The first kappa shape index (κ1) is 28.2. The SMILES string of the molecule is COc1ccc(C2C(C(=O)N3CCN(c4ccc(OC)cc4)CC3)c3ccccc3C(=O)N2c2ccc(OC)cc2)cc1. The second-order valence-corrected chi connectivity index (χ2v) is 10.7. The fourth-order valence-electron chi connectivity index (χ4n) is 6.14. The van der Waals surface area contributed by atoms with Gasteiger partial charge in [-0.1, -0.05) is 30.3 Å². The van der Waals surface area contributed by atoms with Crippen molar-refractivity contribution in [3.63, 3.8) is 0 Å². The number of carbonyl (C=O) groups excluding carboxylic acids is 2. The summed E-state index contributed by atoms with van der Waals surface area (Å²) in [6, 6.07) is 30.0. The topological polar surface area (TPSA) is 71.6 Å². The van der Waals surface area contributed by atoms with E-state index >= 15 is 0 Å². The van der Waals surface area contributed by atoms with E-state index in [1.807, 2.05) is 102 Å². The summed E-state index contributed by atoms with van der Waals surface area (Å²) in [6.07, 6.45) is 0. The molecular weight excluding hydrogens is 542 g/mol. The zero-order valence-electron chi connectivity index (χ0n) is 24.6. The standard InChI is InChI=1S/C35H35N3O5/c1-41-27-14-8-24(9-15-27)33-32(35(40)37-22-20-36(21-23-37)25-10-16-28(42-2)17-11-25)30-6-4-5-7-31(30)34(39)38(33)26-12-18-29(43-3)19-13-26/h4-19,32-33H,20-23H2,1-3H3. The van der Waals surface area contributed by atoms with Crippen LogP contribution in [0.3, 0.4) is 0 Å². The predicted octanol–water partition coefficient (Wildman–Crippen LogP) is 5.55. The smallest absolute Gasteiger partial charge is 0.259 e. The maximum Gasteiger partial charge on any atom is 0.259 e. The predicted molar refractivity (Wildman–Crippen MR) is 167 cm³/mol. The highest BCUT2D eigenvalue weighted by atomic mass is 16.5. The first-order valence-electron chi connectivity index (χ1n) is 14.4. The molecule has 0 spiro atoms. The van der Waals surface area contributed by atoms with Gasteiger partial charge in [-0.25, -0.2) is 0 Å². The van der Waals surface area contributed by atoms with Crippen molar-refractivity contribution in [2.24, 2.45) is 0 Å². The molecule has 8 nitrogen and oxygen atoms in total. The summed E-state index contributed by atoms with van der Waals surface area (Å²) < 4.78 is 16.1. The van der Waals surface area contributed by atoms with Crippen LogP contribution in [0.2, 0.25) is 0 Å². The molecule has 2 amide bonds. The molecule has 2 aliphatic rings. The number of carbonyl (C=O) groups is 2. The van der Waals surface area contributed by atoms with Gasteiger partial charge in [-0.2, -0.15) is 0 Å². The van der Waals surface area contributed by atoms with Crippen molar-refractivity contribution in [3.05, 3.63) is 114 Å². The molecule has 0 saturated carbocycles. The largest absolute Gasteiger partial charge is 0.497 e. The van der Waals surface area contributed by atoms with Gasteiger partial charge >= 0.3 is 0 Å². The van der Waals surface area contributed by atoms with E-state index in [1.165, 1.54) is 0 Å². The van der Waals surface area contributed by atoms with Crippen LogP contribution >= 0.6 is 0 Å². The Morgan fingerprint density at radius 2 is 1.16 bits per heavy atom. The van der Waals surface area contributed by atoms with Gasteiger partial charge in [-0.05, 0) is 77.9 Å². The quantitative estimate of drug-likeness (QED) is 0.287. The van der Waals surface area contributed by atoms with Gasteiger partial charge in [0, 0.05) is 43.1 Å². The lowest BCUT2D eigenvalue weighted by atomic mass is 9.78. The van der Waals surface area contributed by atoms with Crippen LogP contribution in [0.4, 0.5) is 11.4 Å². The highest BCUT2D eigenvalue weighted by Crippen LogP contribution is 2.46. The summed E-state index contributed by atoms with van der Waals surface area (Å²) >= 11 is 0. The maximum atomic E-state index is 14.6. The number of piperazine rings is 1. The van der Waals surface area contributed by atoms with Gasteiger partial charge in [0.05, 0.1) is 33.3 Å². The molecule has 0 aromatic heterocycles. The minimum Gasteiger partial charge on any atom is -0.497 e. The van der Waals surface area contributed by atoms with E-state index in [4.69, 9.17) is 14.2 Å². The van der Waals surface area contributed by atoms with Crippen LogP contribution in [0.25, 0.3) is 0 Å². The molecule has 2 atom stereocenters. The summed E-state index contributed by atoms with van der Waals surface area (Å²) in [4.78, 5) is 34.8. The lowest BCUT2D eigenvalue weighted by Gasteiger charge is -2.44. The van der Waals surface area contributed by atoms with Gasteiger partial charge < -0.3 is 24.0 Å². The molecule has 2 heterocycles. The Labute approximate surface area is 252 Å². The molecule has 2 unspecified atom stereocenters. The number of fused-ring (bicyclic) bond motifs is 1. The fraction of sp³-hybridized carbons (Fsp3) is 0.257. The second kappa shape index (κ2) is 12.1. The van der Waals surface area contributed by atoms with Gasteiger partial charge in [0.15, 0.2) is 0 Å². The second-order valence-electron chi connectivity index (χ2n) is 10.7. The van der Waals surface area contributed by atoms with Gasteiger partial charge in [-0.3, -0.25) is 14.5 Å². The first-order chi connectivity index (χ1) is 21.0. The minimum atomic E-state index is -0.600. The van der Waals surface area contributed by atoms with Crippen molar-refractivity contribution in [2.75, 3.05) is 57.3 Å². The average Bonchev–Trinajstić information content (AvgIpc) is 3.08. The van der Waals surface area contributed by atoms with E-state index in [9.17, 15) is 9.59 Å². The van der Waals surface area contributed by atoms with Crippen molar-refractivity contribution in [1.82, 2.24) is 4.90 Å². The monoisotopic (exact) mass is 577 g/mol. The number of benzene rings is 4. The Bertz CT molecular complexity index is 1580. The van der Waals surface area contributed by atoms with Crippen LogP contribution in [0.5, 0.6) is 17.2 Å². The zero-order chi connectivity index (χ0) is 29.9. The number of anilines is 2. The van der Waals surface area contributed by atoms with Crippen molar-refractivity contribution < 1.29 is 23.8 Å². The van der Waals surface area contributed by atoms with Crippen molar-refractivity contribution in [2.45, 2.75) is 12.0 Å². The highest BCUT2D eigenvalue weighted by molar-refractivity contribution is 6.11. The lowest BCUT2D eigenvalue weighted by Crippen LogP contribution is -2.53. The maximum absolute atomic E-state index is 14.6. The molecule has 43 heavy (non-hydrogen) atoms. The van der Waals surface area contributed by atoms with Gasteiger partial charge in [0.1, 0.15) is 17.2 Å². The van der Waals surface area contributed by atoms with E-state index in [0.717, 1.165) is 22.6 Å². The molecule has 0 N–H and O–H groups in total. The van der Waals surface area contributed by atoms with Gasteiger partial charge in [0.25, 0.3) is 5.91 Å². The molecule has 8 heteroatoms. The van der Waals surface area contributed by atoms with Crippen molar-refractivity contribution in [3.8, 4) is 17.2 Å². The number of hydrogen-bond donors (Lipinski definition) is 0. The molecule has 0 radical (unpaired) electrons. The van der Waals surface area contributed by atoms with Crippen LogP contribution in [0, 0.1) is 0 Å². The Hall–Kier alpha value is -4.98. The van der Waals surface area contributed by atoms with Crippen molar-refractivity contribution in [1.29, 1.82) is 0 Å². The van der Waals surface area contributed by atoms with Crippen LogP contribution in [0.1, 0.15) is 33.4 Å². The molecule has 4 aromatic rings. The van der Waals surface area contributed by atoms with E-state index in [0.29, 0.717) is 48.9 Å². The fourth-order valence-corrected chi connectivity index (χ4v) is 6.14. The van der Waals surface area contributed by atoms with Crippen LogP contribution in [-0.2, 0) is 4.79 Å². The van der Waals surface area contributed by atoms with E-state index in [1.54, 1.807) is 26.2 Å². The molecular formula is C35H35N3O5. The van der Waals surface area contributed by atoms with E-state index < -0.39 is 12.0 Å². The highest BCUT2D eigenvalue weighted by Gasteiger charge is 2.46. The van der Waals surface area contributed by atoms with Crippen LogP contribution in [-0.4, -0.2) is 64.2 Å². The number of amides is 2. The number of ether oxygens (including phenoxy) is 3. The summed E-state index contributed by atoms with van der Waals surface area (Å²) in [5, 5.41) is 0. The number of hydrogen-bond acceptors (Lipinski definition) is 6. The molecule has 1 fully saturated rings. The molecule has 4 aromatic carbocycles. The average molecular weight is 578 g/mol. The van der Waals surface area contributed by atoms with Gasteiger partial charge in [0.2, 0.25) is 5.91 Å².